The van der Waals surface area contributed by atoms with Crippen molar-refractivity contribution >= 4 is 0 Å². The van der Waals surface area contributed by atoms with Gasteiger partial charge in [0.25, 0.3) is 0 Å². The van der Waals surface area contributed by atoms with E-state index in [2.05, 4.69) is 4.90 Å². The molecule has 0 spiro atoms. The highest BCUT2D eigenvalue weighted by atomic mass is 19.1. The summed E-state index contributed by atoms with van der Waals surface area (Å²) in [6.45, 7) is 7.25. The molecule has 0 radical (unpaired) electrons. The van der Waals surface area contributed by atoms with Crippen molar-refractivity contribution in [3.8, 4) is 0 Å². The molecule has 1 aliphatic rings. The zero-order valence-electron chi connectivity index (χ0n) is 9.16. The lowest BCUT2D eigenvalue weighted by molar-refractivity contribution is -0.134. The van der Waals surface area contributed by atoms with Crippen LogP contribution in [0.5, 0.6) is 0 Å². The van der Waals surface area contributed by atoms with Gasteiger partial charge in [0.15, 0.2) is 0 Å². The molecular weight excluding hydrogens is 185 g/mol. The summed E-state index contributed by atoms with van der Waals surface area (Å²) in [6.07, 6.45) is -0.721. The van der Waals surface area contributed by atoms with Crippen molar-refractivity contribution in [2.45, 2.75) is 38.6 Å². The van der Waals surface area contributed by atoms with Gasteiger partial charge in [-0.25, -0.2) is 4.39 Å². The number of hydrogen-bond acceptors (Lipinski definition) is 3. The first-order valence-corrected chi connectivity index (χ1v) is 5.07. The number of β-amino-alcohol motifs (C(OH)–C–C–N with tert-alkyl or cyclic N) is 1. The summed E-state index contributed by atoms with van der Waals surface area (Å²) in [5.41, 5.74) is -0.201. The third-order valence-electron chi connectivity index (χ3n) is 2.29. The van der Waals surface area contributed by atoms with E-state index < -0.39 is 12.8 Å². The number of hydrogen-bond donors (Lipinski definition) is 1. The lowest BCUT2D eigenvalue weighted by atomic mass is 10.1. The predicted molar refractivity (Wildman–Crippen MR) is 53.0 cm³/mol. The second-order valence-corrected chi connectivity index (χ2v) is 4.69. The van der Waals surface area contributed by atoms with Crippen molar-refractivity contribution in [2.24, 2.45) is 0 Å². The fourth-order valence-corrected chi connectivity index (χ4v) is 2.07. The number of aliphatic hydroxyl groups is 1. The average Bonchev–Trinajstić information content (AvgIpc) is 1.99. The highest BCUT2D eigenvalue weighted by molar-refractivity contribution is 4.83. The topological polar surface area (TPSA) is 32.7 Å². The first-order valence-electron chi connectivity index (χ1n) is 5.07. The molecule has 0 aromatic rings. The van der Waals surface area contributed by atoms with Crippen LogP contribution in [0, 0.1) is 0 Å². The number of halogens is 1. The van der Waals surface area contributed by atoms with Crippen LogP contribution in [-0.2, 0) is 4.74 Å². The molecule has 14 heavy (non-hydrogen) atoms. The quantitative estimate of drug-likeness (QED) is 0.740. The van der Waals surface area contributed by atoms with E-state index in [1.165, 1.54) is 0 Å². The largest absolute Gasteiger partial charge is 0.389 e. The molecule has 0 saturated carbocycles. The summed E-state index contributed by atoms with van der Waals surface area (Å²) in [4.78, 5) is 2.05. The Bertz CT molecular complexity index is 187. The SMILES string of the molecule is CC1CN(CC(O)CF)CC(C)(C)O1. The van der Waals surface area contributed by atoms with Gasteiger partial charge in [-0.3, -0.25) is 4.90 Å². The van der Waals surface area contributed by atoms with E-state index in [4.69, 9.17) is 4.74 Å². The lowest BCUT2D eigenvalue weighted by Gasteiger charge is -2.42. The van der Waals surface area contributed by atoms with Gasteiger partial charge in [0.2, 0.25) is 0 Å². The van der Waals surface area contributed by atoms with Crippen LogP contribution in [0.3, 0.4) is 0 Å². The summed E-state index contributed by atoms with van der Waals surface area (Å²) in [5.74, 6) is 0. The number of morpholine rings is 1. The molecule has 0 aliphatic carbocycles. The van der Waals surface area contributed by atoms with Gasteiger partial charge >= 0.3 is 0 Å². The Morgan fingerprint density at radius 3 is 2.79 bits per heavy atom. The summed E-state index contributed by atoms with van der Waals surface area (Å²) in [7, 11) is 0. The van der Waals surface area contributed by atoms with Crippen LogP contribution in [0.4, 0.5) is 4.39 Å². The smallest absolute Gasteiger partial charge is 0.117 e. The number of aliphatic hydroxyl groups excluding tert-OH is 1. The van der Waals surface area contributed by atoms with Gasteiger partial charge in [-0.1, -0.05) is 0 Å². The summed E-state index contributed by atoms with van der Waals surface area (Å²) >= 11 is 0. The Morgan fingerprint density at radius 2 is 2.29 bits per heavy atom. The lowest BCUT2D eigenvalue weighted by Crippen LogP contribution is -2.53. The Balaban J connectivity index is 2.45. The fraction of sp³-hybridized carbons (Fsp3) is 1.00. The van der Waals surface area contributed by atoms with Crippen LogP contribution in [0.1, 0.15) is 20.8 Å². The average molecular weight is 205 g/mol. The molecule has 0 amide bonds. The van der Waals surface area contributed by atoms with E-state index in [9.17, 15) is 9.50 Å². The minimum atomic E-state index is -0.865. The zero-order valence-corrected chi connectivity index (χ0v) is 9.16. The third-order valence-corrected chi connectivity index (χ3v) is 2.29. The summed E-state index contributed by atoms with van der Waals surface area (Å²) < 4.78 is 17.8. The molecule has 84 valence electrons. The molecule has 0 aromatic heterocycles. The van der Waals surface area contributed by atoms with Crippen LogP contribution >= 0.6 is 0 Å². The first-order chi connectivity index (χ1) is 6.43. The van der Waals surface area contributed by atoms with Crippen molar-refractivity contribution in [1.29, 1.82) is 0 Å². The second kappa shape index (κ2) is 4.55. The number of ether oxygens (including phenoxy) is 1. The molecule has 1 N–H and O–H groups in total. The summed E-state index contributed by atoms with van der Waals surface area (Å²) in [6, 6.07) is 0. The monoisotopic (exact) mass is 205 g/mol. The Labute approximate surface area is 84.9 Å². The number of alkyl halides is 1. The standard InChI is InChI=1S/C10H20FNO2/c1-8-5-12(6-9(13)4-11)7-10(2,3)14-8/h8-9,13H,4-7H2,1-3H3. The van der Waals surface area contributed by atoms with Crippen molar-refractivity contribution < 1.29 is 14.2 Å². The maximum atomic E-state index is 12.1. The summed E-state index contributed by atoms with van der Waals surface area (Å²) in [5, 5.41) is 9.21. The number of nitrogens with zero attached hydrogens (tertiary/aromatic N) is 1. The van der Waals surface area contributed by atoms with Gasteiger partial charge in [-0.15, -0.1) is 0 Å². The highest BCUT2D eigenvalue weighted by Gasteiger charge is 2.31. The van der Waals surface area contributed by atoms with Crippen molar-refractivity contribution in [1.82, 2.24) is 4.90 Å². The zero-order chi connectivity index (χ0) is 10.8. The van der Waals surface area contributed by atoms with Crippen molar-refractivity contribution in [2.75, 3.05) is 26.3 Å². The van der Waals surface area contributed by atoms with E-state index in [0.29, 0.717) is 6.54 Å². The van der Waals surface area contributed by atoms with E-state index in [-0.39, 0.29) is 11.7 Å². The molecule has 3 nitrogen and oxygen atoms in total. The normalized spacial score (nSPS) is 30.2. The molecule has 0 aromatic carbocycles. The van der Waals surface area contributed by atoms with Gasteiger partial charge in [0, 0.05) is 19.6 Å². The van der Waals surface area contributed by atoms with Gasteiger partial charge < -0.3 is 9.84 Å². The number of rotatable bonds is 3. The third kappa shape index (κ3) is 3.52. The Kier molecular flexibility index (Phi) is 3.86. The molecule has 1 fully saturated rings. The molecule has 2 atom stereocenters. The highest BCUT2D eigenvalue weighted by Crippen LogP contribution is 2.20. The van der Waals surface area contributed by atoms with Crippen molar-refractivity contribution in [3.05, 3.63) is 0 Å². The molecule has 1 aliphatic heterocycles. The van der Waals surface area contributed by atoms with Crippen LogP contribution in [0.2, 0.25) is 0 Å². The Morgan fingerprint density at radius 1 is 1.64 bits per heavy atom. The van der Waals surface area contributed by atoms with Crippen LogP contribution < -0.4 is 0 Å². The van der Waals surface area contributed by atoms with Crippen LogP contribution in [0.15, 0.2) is 0 Å². The van der Waals surface area contributed by atoms with Crippen molar-refractivity contribution in [3.63, 3.8) is 0 Å². The van der Waals surface area contributed by atoms with Crippen LogP contribution in [0.25, 0.3) is 0 Å². The second-order valence-electron chi connectivity index (χ2n) is 4.69. The first kappa shape index (κ1) is 11.9. The van der Waals surface area contributed by atoms with E-state index in [1.54, 1.807) is 0 Å². The van der Waals surface area contributed by atoms with Crippen LogP contribution in [-0.4, -0.2) is 54.1 Å². The minimum absolute atomic E-state index is 0.144. The van der Waals surface area contributed by atoms with E-state index in [0.717, 1.165) is 13.1 Å². The van der Waals surface area contributed by atoms with Gasteiger partial charge in [0.1, 0.15) is 6.67 Å². The minimum Gasteiger partial charge on any atom is -0.389 e. The molecule has 0 bridgehead atoms. The molecule has 1 saturated heterocycles. The van der Waals surface area contributed by atoms with E-state index >= 15 is 0 Å². The fourth-order valence-electron chi connectivity index (χ4n) is 2.07. The van der Waals surface area contributed by atoms with Gasteiger partial charge in [0.05, 0.1) is 17.8 Å². The maximum absolute atomic E-state index is 12.1. The Hall–Kier alpha value is -0.190. The van der Waals surface area contributed by atoms with Gasteiger partial charge in [-0.05, 0) is 20.8 Å². The molecule has 2 unspecified atom stereocenters. The van der Waals surface area contributed by atoms with E-state index in [1.807, 2.05) is 20.8 Å². The maximum Gasteiger partial charge on any atom is 0.117 e. The van der Waals surface area contributed by atoms with Gasteiger partial charge in [-0.2, -0.15) is 0 Å². The molecule has 1 heterocycles. The molecular formula is C10H20FNO2. The molecule has 4 heteroatoms. The predicted octanol–water partition coefficient (Wildman–Crippen LogP) is 0.816. The molecule has 1 rings (SSSR count).